The molecule has 33 heavy (non-hydrogen) atoms. The Hall–Kier alpha value is -3.79. The number of hydrogen-bond donors (Lipinski definition) is 2. The number of methoxy groups -OCH3 is 1. The second-order valence-electron chi connectivity index (χ2n) is 8.00. The predicted octanol–water partition coefficient (Wildman–Crippen LogP) is 4.03. The van der Waals surface area contributed by atoms with Gasteiger partial charge in [-0.1, -0.05) is 11.6 Å². The summed E-state index contributed by atoms with van der Waals surface area (Å²) >= 11 is 6.42. The van der Waals surface area contributed by atoms with Gasteiger partial charge in [-0.25, -0.2) is 9.59 Å². The van der Waals surface area contributed by atoms with Gasteiger partial charge in [-0.2, -0.15) is 4.68 Å². The fourth-order valence-electron chi connectivity index (χ4n) is 2.78. The Morgan fingerprint density at radius 2 is 1.76 bits per heavy atom. The molecule has 0 radical (unpaired) electrons. The average Bonchev–Trinajstić information content (AvgIpc) is 2.71. The quantitative estimate of drug-likeness (QED) is 0.571. The number of nitrogens with zero attached hydrogens (tertiary/aromatic N) is 2. The average molecular weight is 475 g/mol. The molecule has 10 nitrogen and oxygen atoms in total. The summed E-state index contributed by atoms with van der Waals surface area (Å²) in [5.41, 5.74) is -1.60. The van der Waals surface area contributed by atoms with Crippen LogP contribution in [0, 0.1) is 6.92 Å². The Labute approximate surface area is 194 Å². The fraction of sp³-hybridized carbons (Fsp3) is 0.273. The molecule has 1 heterocycles. The Morgan fingerprint density at radius 1 is 1.12 bits per heavy atom. The molecule has 0 aliphatic rings. The number of hydrogen-bond acceptors (Lipinski definition) is 7. The van der Waals surface area contributed by atoms with Crippen molar-refractivity contribution < 1.29 is 19.0 Å². The number of aromatic nitrogens is 3. The number of H-pyrrole nitrogens is 1. The van der Waals surface area contributed by atoms with Crippen LogP contribution < -0.4 is 26.0 Å². The molecule has 0 aliphatic carbocycles. The van der Waals surface area contributed by atoms with Crippen molar-refractivity contribution in [2.45, 2.75) is 33.3 Å². The largest absolute Gasteiger partial charge is 0.497 e. The van der Waals surface area contributed by atoms with Crippen molar-refractivity contribution in [3.8, 4) is 22.9 Å². The molecule has 0 saturated heterocycles. The summed E-state index contributed by atoms with van der Waals surface area (Å²) in [4.78, 5) is 38.6. The standard InChI is InChI=1S/C22H23ClN4O6/c1-12-10-13(11-16(23)17(12)32-15-8-6-14(31-5)7-9-15)27-20(29)25-19(28)18(26-27)24-21(30)33-22(2,3)4/h6-11H,1-5H3,(H,24,26,30)(H,25,28,29). The Bertz CT molecular complexity index is 1270. The summed E-state index contributed by atoms with van der Waals surface area (Å²) in [6.45, 7) is 6.76. The predicted molar refractivity (Wildman–Crippen MR) is 123 cm³/mol. The zero-order chi connectivity index (χ0) is 24.3. The number of carbonyl (C=O) groups is 1. The summed E-state index contributed by atoms with van der Waals surface area (Å²) in [6.07, 6.45) is -0.886. The van der Waals surface area contributed by atoms with Crippen LogP contribution in [0.2, 0.25) is 5.02 Å². The highest BCUT2D eigenvalue weighted by atomic mass is 35.5. The van der Waals surface area contributed by atoms with Gasteiger partial charge in [-0.3, -0.25) is 15.1 Å². The first-order chi connectivity index (χ1) is 15.5. The third kappa shape index (κ3) is 5.92. The number of aromatic amines is 1. The van der Waals surface area contributed by atoms with E-state index in [1.165, 1.54) is 6.07 Å². The van der Waals surface area contributed by atoms with Gasteiger partial charge in [0.25, 0.3) is 5.56 Å². The first-order valence-corrected chi connectivity index (χ1v) is 10.2. The van der Waals surface area contributed by atoms with Gasteiger partial charge >= 0.3 is 11.8 Å². The number of halogens is 1. The minimum absolute atomic E-state index is 0.211. The zero-order valence-corrected chi connectivity index (χ0v) is 19.4. The maximum Gasteiger partial charge on any atom is 0.413 e. The van der Waals surface area contributed by atoms with Crippen molar-refractivity contribution >= 4 is 23.5 Å². The minimum Gasteiger partial charge on any atom is -0.497 e. The van der Waals surface area contributed by atoms with Gasteiger partial charge in [0.1, 0.15) is 22.8 Å². The Kier molecular flexibility index (Phi) is 6.78. The van der Waals surface area contributed by atoms with Crippen molar-refractivity contribution in [1.29, 1.82) is 0 Å². The molecule has 0 aliphatic heterocycles. The zero-order valence-electron chi connectivity index (χ0n) is 18.7. The van der Waals surface area contributed by atoms with Crippen molar-refractivity contribution in [3.05, 3.63) is 67.8 Å². The van der Waals surface area contributed by atoms with E-state index in [0.717, 1.165) is 4.68 Å². The normalized spacial score (nSPS) is 11.1. The van der Waals surface area contributed by atoms with Crippen LogP contribution in [0.3, 0.4) is 0 Å². The lowest BCUT2D eigenvalue weighted by atomic mass is 10.2. The first-order valence-electron chi connectivity index (χ1n) is 9.83. The van der Waals surface area contributed by atoms with Crippen LogP contribution in [0.4, 0.5) is 10.6 Å². The molecule has 0 atom stereocenters. The molecule has 0 spiro atoms. The van der Waals surface area contributed by atoms with Crippen LogP contribution in [0.1, 0.15) is 26.3 Å². The number of amides is 1. The second kappa shape index (κ2) is 9.37. The van der Waals surface area contributed by atoms with Gasteiger partial charge < -0.3 is 14.2 Å². The lowest BCUT2D eigenvalue weighted by Gasteiger charge is -2.19. The highest BCUT2D eigenvalue weighted by Crippen LogP contribution is 2.35. The molecule has 0 saturated carbocycles. The second-order valence-corrected chi connectivity index (χ2v) is 8.40. The molecule has 0 fully saturated rings. The number of benzene rings is 2. The molecule has 0 bridgehead atoms. The molecular formula is C22H23ClN4O6. The van der Waals surface area contributed by atoms with Crippen LogP contribution in [0.15, 0.2) is 46.0 Å². The third-order valence-corrected chi connectivity index (χ3v) is 4.47. The van der Waals surface area contributed by atoms with Crippen LogP contribution in [-0.4, -0.2) is 33.6 Å². The van der Waals surface area contributed by atoms with E-state index in [2.05, 4.69) is 15.4 Å². The molecule has 3 rings (SSSR count). The maximum atomic E-state index is 12.4. The smallest absolute Gasteiger partial charge is 0.413 e. The molecule has 0 unspecified atom stereocenters. The number of ether oxygens (including phenoxy) is 3. The van der Waals surface area contributed by atoms with Crippen molar-refractivity contribution in [2.75, 3.05) is 12.4 Å². The third-order valence-electron chi connectivity index (χ3n) is 4.19. The summed E-state index contributed by atoms with van der Waals surface area (Å²) in [5, 5.41) is 6.42. The van der Waals surface area contributed by atoms with E-state index in [-0.39, 0.29) is 10.7 Å². The first kappa shape index (κ1) is 23.9. The molecule has 2 aromatic carbocycles. The Morgan fingerprint density at radius 3 is 2.33 bits per heavy atom. The number of anilines is 1. The number of aryl methyl sites for hydroxylation is 1. The van der Waals surface area contributed by atoms with Crippen LogP contribution in [0.5, 0.6) is 17.2 Å². The molecule has 2 N–H and O–H groups in total. The van der Waals surface area contributed by atoms with Crippen molar-refractivity contribution in [1.82, 2.24) is 14.8 Å². The van der Waals surface area contributed by atoms with E-state index in [4.69, 9.17) is 25.8 Å². The van der Waals surface area contributed by atoms with E-state index in [1.54, 1.807) is 65.1 Å². The van der Waals surface area contributed by atoms with Gasteiger partial charge in [0, 0.05) is 0 Å². The summed E-state index contributed by atoms with van der Waals surface area (Å²) in [6, 6.07) is 10.0. The minimum atomic E-state index is -0.886. The van der Waals surface area contributed by atoms with Gasteiger partial charge in [-0.15, -0.1) is 5.10 Å². The van der Waals surface area contributed by atoms with Gasteiger partial charge in [0.15, 0.2) is 0 Å². The monoisotopic (exact) mass is 474 g/mol. The summed E-state index contributed by atoms with van der Waals surface area (Å²) in [5.74, 6) is 1.20. The van der Waals surface area contributed by atoms with E-state index in [1.807, 2.05) is 0 Å². The maximum absolute atomic E-state index is 12.4. The summed E-state index contributed by atoms with van der Waals surface area (Å²) < 4.78 is 17.0. The van der Waals surface area contributed by atoms with E-state index < -0.39 is 28.8 Å². The molecule has 174 valence electrons. The molecule has 1 amide bonds. The van der Waals surface area contributed by atoms with E-state index in [9.17, 15) is 14.4 Å². The van der Waals surface area contributed by atoms with Gasteiger partial charge in [0.05, 0.1) is 17.8 Å². The summed E-state index contributed by atoms with van der Waals surface area (Å²) in [7, 11) is 1.57. The lowest BCUT2D eigenvalue weighted by molar-refractivity contribution is 0.0634. The highest BCUT2D eigenvalue weighted by Gasteiger charge is 2.19. The van der Waals surface area contributed by atoms with Gasteiger partial charge in [-0.05, 0) is 69.7 Å². The molecule has 3 aromatic rings. The molecule has 1 aromatic heterocycles. The highest BCUT2D eigenvalue weighted by molar-refractivity contribution is 6.32. The number of carbonyl (C=O) groups excluding carboxylic acids is 1. The fourth-order valence-corrected chi connectivity index (χ4v) is 3.08. The lowest BCUT2D eigenvalue weighted by Crippen LogP contribution is -2.36. The van der Waals surface area contributed by atoms with Crippen LogP contribution in [-0.2, 0) is 4.74 Å². The Balaban J connectivity index is 1.93. The van der Waals surface area contributed by atoms with Crippen LogP contribution in [0.25, 0.3) is 5.69 Å². The molecular weight excluding hydrogens is 452 g/mol. The van der Waals surface area contributed by atoms with Gasteiger partial charge in [0.2, 0.25) is 5.82 Å². The number of rotatable bonds is 5. The number of nitrogens with one attached hydrogen (secondary N) is 2. The van der Waals surface area contributed by atoms with Crippen LogP contribution >= 0.6 is 11.6 Å². The van der Waals surface area contributed by atoms with E-state index in [0.29, 0.717) is 22.8 Å². The molecule has 11 heteroatoms. The topological polar surface area (TPSA) is 125 Å². The SMILES string of the molecule is COc1ccc(Oc2c(C)cc(-n3nc(NC(=O)OC(C)(C)C)c(=O)[nH]c3=O)cc2Cl)cc1. The van der Waals surface area contributed by atoms with Crippen molar-refractivity contribution in [2.24, 2.45) is 0 Å². The van der Waals surface area contributed by atoms with E-state index >= 15 is 0 Å². The van der Waals surface area contributed by atoms with Crippen molar-refractivity contribution in [3.63, 3.8) is 0 Å².